The fourth-order valence-corrected chi connectivity index (χ4v) is 12.3. The fraction of sp³-hybridized carbons (Fsp3) is 0.0526. The molecule has 15 rings (SSSR count). The van der Waals surface area contributed by atoms with Crippen LogP contribution in [0.2, 0.25) is 0 Å². The lowest BCUT2D eigenvalue weighted by Crippen LogP contribution is -2.04. The van der Waals surface area contributed by atoms with E-state index in [0.717, 1.165) is 50.2 Å². The van der Waals surface area contributed by atoms with Crippen molar-refractivity contribution in [2.45, 2.75) is 34.5 Å². The lowest BCUT2D eigenvalue weighted by atomic mass is 10.1. The zero-order valence-electron chi connectivity index (χ0n) is 52.8. The summed E-state index contributed by atoms with van der Waals surface area (Å²) in [5.41, 5.74) is 9.42. The molecule has 0 fully saturated rings. The second-order valence-corrected chi connectivity index (χ2v) is 28.5. The summed E-state index contributed by atoms with van der Waals surface area (Å²) in [5.74, 6) is 2.23. The Morgan fingerprint density at radius 3 is 1.25 bits per heavy atom. The first-order chi connectivity index (χ1) is 48.2. The lowest BCUT2D eigenvalue weighted by Gasteiger charge is -2.15. The van der Waals surface area contributed by atoms with Gasteiger partial charge in [0.1, 0.15) is 59.8 Å². The quantitative estimate of drug-likeness (QED) is 0.0387. The number of rotatable bonds is 16. The maximum Gasteiger partial charge on any atom is 0.294 e. The van der Waals surface area contributed by atoms with Crippen LogP contribution in [-0.2, 0) is 48.8 Å². The zero-order valence-corrected chi connectivity index (χ0v) is 56.0. The van der Waals surface area contributed by atoms with E-state index in [1.54, 1.807) is 48.5 Å². The van der Waals surface area contributed by atoms with Crippen LogP contribution in [0.15, 0.2) is 291 Å². The molecule has 24 heteroatoms. The van der Waals surface area contributed by atoms with E-state index in [2.05, 4.69) is 29.9 Å². The van der Waals surface area contributed by atoms with E-state index < -0.39 is 40.2 Å². The van der Waals surface area contributed by atoms with Gasteiger partial charge in [0.2, 0.25) is 11.2 Å². The minimum Gasteiger partial charge on any atom is -0.507 e. The van der Waals surface area contributed by atoms with E-state index in [0.29, 0.717) is 68.0 Å². The van der Waals surface area contributed by atoms with Crippen molar-refractivity contribution in [3.63, 3.8) is 0 Å². The highest BCUT2D eigenvalue weighted by Gasteiger charge is 2.22. The molecular weight excluding hydrogens is 1350 g/mol. The number of benzene rings is 11. The molecule has 0 aliphatic rings. The summed E-state index contributed by atoms with van der Waals surface area (Å²) < 4.78 is 101. The second-order valence-electron chi connectivity index (χ2n) is 22.5. The van der Waals surface area contributed by atoms with Crippen LogP contribution in [0, 0.1) is 0 Å². The van der Waals surface area contributed by atoms with E-state index in [1.807, 2.05) is 182 Å². The van der Waals surface area contributed by atoms with E-state index in [4.69, 9.17) is 33.9 Å². The number of nitrogens with one attached hydrogen (secondary N) is 3. The number of hydrogen-bond donors (Lipinski definition) is 6. The molecule has 0 radical (unpaired) electrons. The molecule has 20 nitrogen and oxygen atoms in total. The molecule has 0 bridgehead atoms. The molecule has 502 valence electrons. The number of phenols is 1. The lowest BCUT2D eigenvalue weighted by molar-refractivity contribution is 0.256. The number of ether oxygens (including phenoxy) is 3. The standard InChI is InChI=1S/C36H28O7.C14H12N2O2S.C13H9ClN2O2S.C13H10N2O3S/c37-29-19-28(40-21-24-10-4-1-5-11-24)20-32-33(29)34(38)35(39)36(43-32)27-16-17-30(41-22-25-12-6-2-7-13-25)31(18-27)42-23-26-14-8-3-9-15-26;1-19(17,18)11-7-8-12-13(9-11)16-14(15-12)10-5-3-2-4-6-10;14-19(17,18)10-6-7-11-12(8-10)16-13(15-11)9-4-2-1-3-5-9;16-19(17,18)10-6-7-11-12(8-10)15-13(14-11)9-4-2-1-3-5-9/h1-20,37,39H,21-23H2;2-9H,1H3,(H,15,16);1-8H,(H,15,16);1-8H,(H,14,15)(H,16,17,18). The largest absolute Gasteiger partial charge is 0.507 e. The smallest absolute Gasteiger partial charge is 0.294 e. The number of nitrogens with zero attached hydrogens (tertiary/aromatic N) is 3. The minimum atomic E-state index is -4.20. The summed E-state index contributed by atoms with van der Waals surface area (Å²) in [5, 5.41) is 21.4. The number of phenolic OH excluding ortho intramolecular Hbond substituents is 1. The Balaban J connectivity index is 0.000000138. The van der Waals surface area contributed by atoms with Crippen LogP contribution < -0.4 is 19.6 Å². The molecule has 0 spiro atoms. The minimum absolute atomic E-state index is 0.0601. The number of aromatic hydroxyl groups is 2. The maximum atomic E-state index is 13.2. The number of fused-ring (bicyclic) bond motifs is 4. The number of H-pyrrole nitrogens is 3. The summed E-state index contributed by atoms with van der Waals surface area (Å²) in [6.45, 7) is 0.854. The van der Waals surface area contributed by atoms with Crippen molar-refractivity contribution in [3.8, 4) is 74.2 Å². The van der Waals surface area contributed by atoms with Crippen molar-refractivity contribution in [2.75, 3.05) is 6.26 Å². The molecule has 0 saturated heterocycles. The molecule has 0 aliphatic carbocycles. The molecule has 6 N–H and O–H groups in total. The van der Waals surface area contributed by atoms with Crippen molar-refractivity contribution in [1.82, 2.24) is 29.9 Å². The molecule has 0 saturated carbocycles. The van der Waals surface area contributed by atoms with Gasteiger partial charge in [0.25, 0.3) is 19.2 Å². The van der Waals surface area contributed by atoms with E-state index in [-0.39, 0.29) is 45.5 Å². The van der Waals surface area contributed by atoms with Crippen LogP contribution in [0.4, 0.5) is 0 Å². The predicted molar refractivity (Wildman–Crippen MR) is 384 cm³/mol. The number of halogens is 1. The highest BCUT2D eigenvalue weighted by Crippen LogP contribution is 2.40. The van der Waals surface area contributed by atoms with E-state index in [1.165, 1.54) is 42.7 Å². The first kappa shape index (κ1) is 68.1. The van der Waals surface area contributed by atoms with Gasteiger partial charge >= 0.3 is 0 Å². The van der Waals surface area contributed by atoms with E-state index in [9.17, 15) is 40.3 Å². The molecule has 15 aromatic rings. The van der Waals surface area contributed by atoms with Gasteiger partial charge in [-0.05, 0) is 89.5 Å². The Morgan fingerprint density at radius 2 is 0.820 bits per heavy atom. The highest BCUT2D eigenvalue weighted by atomic mass is 35.7. The number of hydrogen-bond acceptors (Lipinski definition) is 16. The van der Waals surface area contributed by atoms with Crippen LogP contribution >= 0.6 is 10.7 Å². The van der Waals surface area contributed by atoms with Gasteiger partial charge in [0.05, 0.1) is 47.8 Å². The number of imidazole rings is 3. The molecule has 11 aromatic carbocycles. The monoisotopic (exact) mass is 1410 g/mol. The average Bonchev–Trinajstić information content (AvgIpc) is 1.14. The Hall–Kier alpha value is -11.9. The van der Waals surface area contributed by atoms with Crippen LogP contribution in [0.5, 0.6) is 28.7 Å². The summed E-state index contributed by atoms with van der Waals surface area (Å²) in [6.07, 6.45) is 1.20. The summed E-state index contributed by atoms with van der Waals surface area (Å²) in [7, 11) is -5.80. The molecule has 100 heavy (non-hydrogen) atoms. The molecule has 0 atom stereocenters. The molecule has 0 amide bonds. The van der Waals surface area contributed by atoms with E-state index >= 15 is 0 Å². The van der Waals surface area contributed by atoms with Crippen molar-refractivity contribution in [1.29, 1.82) is 0 Å². The highest BCUT2D eigenvalue weighted by molar-refractivity contribution is 8.13. The van der Waals surface area contributed by atoms with Crippen LogP contribution in [0.1, 0.15) is 16.7 Å². The first-order valence-corrected chi connectivity index (χ1v) is 36.3. The van der Waals surface area contributed by atoms with Crippen molar-refractivity contribution in [3.05, 3.63) is 294 Å². The van der Waals surface area contributed by atoms with Crippen molar-refractivity contribution in [2.24, 2.45) is 0 Å². The van der Waals surface area contributed by atoms with Gasteiger partial charge in [-0.15, -0.1) is 0 Å². The summed E-state index contributed by atoms with van der Waals surface area (Å²) in [4.78, 5) is 35.9. The third-order valence-electron chi connectivity index (χ3n) is 15.4. The van der Waals surface area contributed by atoms with Crippen molar-refractivity contribution >= 4 is 83.8 Å². The molecule has 0 unspecified atom stereocenters. The normalized spacial score (nSPS) is 11.4. The summed E-state index contributed by atoms with van der Waals surface area (Å²) in [6, 6.07) is 79.4. The Labute approximate surface area is 577 Å². The van der Waals surface area contributed by atoms with Gasteiger partial charge in [-0.2, -0.15) is 8.42 Å². The van der Waals surface area contributed by atoms with Gasteiger partial charge < -0.3 is 43.8 Å². The Kier molecular flexibility index (Phi) is 20.3. The molecule has 0 aliphatic heterocycles. The van der Waals surface area contributed by atoms with Gasteiger partial charge in [0.15, 0.2) is 27.1 Å². The predicted octanol–water partition coefficient (Wildman–Crippen LogP) is 15.9. The van der Waals surface area contributed by atoms with Gasteiger partial charge in [-0.1, -0.05) is 182 Å². The van der Waals surface area contributed by atoms with Crippen LogP contribution in [0.3, 0.4) is 0 Å². The van der Waals surface area contributed by atoms with Gasteiger partial charge in [-0.3, -0.25) is 9.35 Å². The van der Waals surface area contributed by atoms with Crippen LogP contribution in [-0.4, -0.2) is 76.2 Å². The van der Waals surface area contributed by atoms with Gasteiger partial charge in [0, 0.05) is 51.3 Å². The average molecular weight is 1410 g/mol. The Morgan fingerprint density at radius 1 is 0.430 bits per heavy atom. The van der Waals surface area contributed by atoms with Gasteiger partial charge in [-0.25, -0.2) is 31.8 Å². The third kappa shape index (κ3) is 16.7. The second kappa shape index (κ2) is 29.9. The summed E-state index contributed by atoms with van der Waals surface area (Å²) >= 11 is 0. The van der Waals surface area contributed by atoms with Crippen molar-refractivity contribution < 1.29 is 58.6 Å². The fourth-order valence-electron chi connectivity index (χ4n) is 10.3. The zero-order chi connectivity index (χ0) is 70.0. The molecule has 4 heterocycles. The van der Waals surface area contributed by atoms with Crippen LogP contribution in [0.25, 0.3) is 89.6 Å². The molecule has 4 aromatic heterocycles. The number of aromatic nitrogens is 6. The topological polar surface area (TPSA) is 307 Å². The first-order valence-electron chi connectivity index (χ1n) is 30.6. The SMILES string of the molecule is CS(=O)(=O)c1ccc2nc(-c3ccccc3)[nH]c2c1.O=S(=O)(Cl)c1ccc2nc(-c3ccccc3)[nH]c2c1.O=S(=O)(O)c1ccc2nc(-c3ccccc3)[nH]c2c1.O=c1c(O)c(-c2ccc(OCc3ccccc3)c(OCc3ccccc3)c2)oc2cc(OCc3ccccc3)cc(O)c12. The Bertz CT molecular complexity index is 5470. The number of aromatic amines is 3. The number of sulfone groups is 1. The third-order valence-corrected chi connectivity index (χ3v) is 18.7. The molecular formula is C76H59ClN6O14S3. The maximum absolute atomic E-state index is 13.2.